The van der Waals surface area contributed by atoms with Crippen molar-refractivity contribution in [1.82, 2.24) is 10.6 Å². The fourth-order valence-electron chi connectivity index (χ4n) is 1.64. The smallest absolute Gasteiger partial charge is 0.315 e. The Bertz CT molecular complexity index is 472. The second-order valence-electron chi connectivity index (χ2n) is 5.13. The third-order valence-electron chi connectivity index (χ3n) is 3.23. The van der Waals surface area contributed by atoms with Crippen molar-refractivity contribution in [2.24, 2.45) is 5.92 Å². The molecule has 2 atom stereocenters. The number of nitrogens with one attached hydrogen (secondary N) is 2. The number of ether oxygens (including phenoxy) is 1. The maximum absolute atomic E-state index is 12.1. The van der Waals surface area contributed by atoms with E-state index in [1.54, 1.807) is 31.2 Å². The highest BCUT2D eigenvalue weighted by atomic mass is 19.3. The van der Waals surface area contributed by atoms with E-state index in [0.29, 0.717) is 5.75 Å². The number of urea groups is 1. The molecule has 0 aromatic heterocycles. The van der Waals surface area contributed by atoms with Gasteiger partial charge in [0.1, 0.15) is 12.4 Å². The van der Waals surface area contributed by atoms with Crippen molar-refractivity contribution in [2.75, 3.05) is 13.2 Å². The van der Waals surface area contributed by atoms with Gasteiger partial charge in [0.25, 0.3) is 6.43 Å². The van der Waals surface area contributed by atoms with Crippen molar-refractivity contribution in [1.29, 1.82) is 0 Å². The number of aliphatic hydroxyl groups excluding tert-OH is 1. The lowest BCUT2D eigenvalue weighted by atomic mass is 10.1. The van der Waals surface area contributed by atoms with E-state index in [1.807, 2.05) is 6.92 Å². The summed E-state index contributed by atoms with van der Waals surface area (Å²) < 4.78 is 29.1. The molecule has 2 amide bonds. The summed E-state index contributed by atoms with van der Waals surface area (Å²) in [4.78, 5) is 11.7. The highest BCUT2D eigenvalue weighted by Gasteiger charge is 2.13. The SMILES string of the molecule is CC(CO)C(C)NC(=O)NCc1cccc(OCC(F)F)c1. The molecule has 1 aromatic carbocycles. The van der Waals surface area contributed by atoms with Crippen LogP contribution in [0.5, 0.6) is 5.75 Å². The topological polar surface area (TPSA) is 70.6 Å². The third kappa shape index (κ3) is 6.71. The largest absolute Gasteiger partial charge is 0.488 e. The quantitative estimate of drug-likeness (QED) is 0.688. The number of amides is 2. The molecule has 0 bridgehead atoms. The molecule has 1 rings (SSSR count). The Kier molecular flexibility index (Phi) is 7.59. The van der Waals surface area contributed by atoms with Crippen molar-refractivity contribution in [3.8, 4) is 5.75 Å². The van der Waals surface area contributed by atoms with Crippen molar-refractivity contribution in [3.63, 3.8) is 0 Å². The molecule has 7 heteroatoms. The molecule has 1 aromatic rings. The van der Waals surface area contributed by atoms with Gasteiger partial charge in [0.05, 0.1) is 0 Å². The number of carbonyl (C=O) groups excluding carboxylic acids is 1. The minimum Gasteiger partial charge on any atom is -0.488 e. The summed E-state index contributed by atoms with van der Waals surface area (Å²) in [6.07, 6.45) is -2.53. The zero-order chi connectivity index (χ0) is 16.5. The van der Waals surface area contributed by atoms with Crippen LogP contribution in [0.15, 0.2) is 24.3 Å². The van der Waals surface area contributed by atoms with E-state index >= 15 is 0 Å². The van der Waals surface area contributed by atoms with Gasteiger partial charge in [-0.2, -0.15) is 0 Å². The van der Waals surface area contributed by atoms with Gasteiger partial charge in [-0.15, -0.1) is 0 Å². The summed E-state index contributed by atoms with van der Waals surface area (Å²) in [5.74, 6) is 0.291. The molecule has 0 aliphatic carbocycles. The van der Waals surface area contributed by atoms with Crippen LogP contribution >= 0.6 is 0 Å². The van der Waals surface area contributed by atoms with Crippen LogP contribution in [0, 0.1) is 5.92 Å². The highest BCUT2D eigenvalue weighted by molar-refractivity contribution is 5.74. The highest BCUT2D eigenvalue weighted by Crippen LogP contribution is 2.14. The van der Waals surface area contributed by atoms with Crippen LogP contribution in [0.3, 0.4) is 0 Å². The minimum absolute atomic E-state index is 0.00896. The molecule has 0 aliphatic heterocycles. The van der Waals surface area contributed by atoms with Gasteiger partial charge in [0.15, 0.2) is 0 Å². The van der Waals surface area contributed by atoms with E-state index in [0.717, 1.165) is 5.56 Å². The normalized spacial score (nSPS) is 13.5. The molecule has 0 heterocycles. The Labute approximate surface area is 128 Å². The van der Waals surface area contributed by atoms with E-state index in [1.165, 1.54) is 0 Å². The fourth-order valence-corrected chi connectivity index (χ4v) is 1.64. The van der Waals surface area contributed by atoms with Crippen LogP contribution in [0.25, 0.3) is 0 Å². The van der Waals surface area contributed by atoms with Crippen molar-refractivity contribution >= 4 is 6.03 Å². The average Bonchev–Trinajstić information content (AvgIpc) is 2.50. The lowest BCUT2D eigenvalue weighted by Crippen LogP contribution is -2.43. The molecule has 3 N–H and O–H groups in total. The van der Waals surface area contributed by atoms with Crippen LogP contribution in [0.4, 0.5) is 13.6 Å². The summed E-state index contributed by atoms with van der Waals surface area (Å²) in [7, 11) is 0. The number of alkyl halides is 2. The van der Waals surface area contributed by atoms with Gasteiger partial charge in [0, 0.05) is 19.2 Å². The third-order valence-corrected chi connectivity index (χ3v) is 3.23. The lowest BCUT2D eigenvalue weighted by molar-refractivity contribution is 0.0818. The van der Waals surface area contributed by atoms with Crippen molar-refractivity contribution in [3.05, 3.63) is 29.8 Å². The molecule has 0 aliphatic rings. The van der Waals surface area contributed by atoms with Crippen LogP contribution in [0.2, 0.25) is 0 Å². The molecule has 124 valence electrons. The maximum atomic E-state index is 12.1. The fraction of sp³-hybridized carbons (Fsp3) is 0.533. The number of halogens is 2. The molecular formula is C15H22F2N2O3. The number of hydrogen-bond acceptors (Lipinski definition) is 3. The Morgan fingerprint density at radius 1 is 1.36 bits per heavy atom. The van der Waals surface area contributed by atoms with Gasteiger partial charge in [0.2, 0.25) is 0 Å². The summed E-state index contributed by atoms with van der Waals surface area (Å²) >= 11 is 0. The van der Waals surface area contributed by atoms with Crippen LogP contribution < -0.4 is 15.4 Å². The number of carbonyl (C=O) groups is 1. The number of aliphatic hydroxyl groups is 1. The predicted molar refractivity (Wildman–Crippen MR) is 79.0 cm³/mol. The van der Waals surface area contributed by atoms with Gasteiger partial charge in [-0.25, -0.2) is 13.6 Å². The van der Waals surface area contributed by atoms with Gasteiger partial charge >= 0.3 is 6.03 Å². The van der Waals surface area contributed by atoms with Crippen LogP contribution in [0.1, 0.15) is 19.4 Å². The molecule has 0 radical (unpaired) electrons. The molecule has 0 saturated carbocycles. The molecule has 5 nitrogen and oxygen atoms in total. The number of hydrogen-bond donors (Lipinski definition) is 3. The first-order chi connectivity index (χ1) is 10.4. The lowest BCUT2D eigenvalue weighted by Gasteiger charge is -2.19. The van der Waals surface area contributed by atoms with E-state index in [9.17, 15) is 13.6 Å². The Morgan fingerprint density at radius 2 is 2.09 bits per heavy atom. The van der Waals surface area contributed by atoms with Crippen LogP contribution in [-0.4, -0.2) is 36.8 Å². The second kappa shape index (κ2) is 9.19. The van der Waals surface area contributed by atoms with E-state index < -0.39 is 13.0 Å². The molecule has 22 heavy (non-hydrogen) atoms. The molecule has 0 spiro atoms. The zero-order valence-electron chi connectivity index (χ0n) is 12.7. The first-order valence-corrected chi connectivity index (χ1v) is 7.07. The first-order valence-electron chi connectivity index (χ1n) is 7.07. The molecule has 0 fully saturated rings. The number of rotatable bonds is 8. The molecule has 0 saturated heterocycles. The van der Waals surface area contributed by atoms with Gasteiger partial charge in [-0.1, -0.05) is 19.1 Å². The van der Waals surface area contributed by atoms with Gasteiger partial charge < -0.3 is 20.5 Å². The summed E-state index contributed by atoms with van der Waals surface area (Å²) in [5.41, 5.74) is 0.741. The van der Waals surface area contributed by atoms with Crippen molar-refractivity contribution in [2.45, 2.75) is 32.9 Å². The molecular weight excluding hydrogens is 294 g/mol. The Balaban J connectivity index is 2.43. The molecule has 2 unspecified atom stereocenters. The van der Waals surface area contributed by atoms with Crippen LogP contribution in [-0.2, 0) is 6.54 Å². The van der Waals surface area contributed by atoms with Gasteiger partial charge in [-0.3, -0.25) is 0 Å². The van der Waals surface area contributed by atoms with Gasteiger partial charge in [-0.05, 0) is 30.5 Å². The summed E-state index contributed by atoms with van der Waals surface area (Å²) in [6, 6.07) is 6.10. The average molecular weight is 316 g/mol. The van der Waals surface area contributed by atoms with Crippen molar-refractivity contribution < 1.29 is 23.4 Å². The predicted octanol–water partition coefficient (Wildman–Crippen LogP) is 2.15. The summed E-state index contributed by atoms with van der Waals surface area (Å²) in [5, 5.41) is 14.4. The Hall–Kier alpha value is -1.89. The standard InChI is InChI=1S/C15H22F2N2O3/c1-10(8-20)11(2)19-15(21)18-7-12-4-3-5-13(6-12)22-9-14(16)17/h3-6,10-11,14,20H,7-9H2,1-2H3,(H2,18,19,21). The first kappa shape index (κ1) is 18.2. The maximum Gasteiger partial charge on any atom is 0.315 e. The number of benzene rings is 1. The monoisotopic (exact) mass is 316 g/mol. The summed E-state index contributed by atoms with van der Waals surface area (Å²) in [6.45, 7) is 3.21. The second-order valence-corrected chi connectivity index (χ2v) is 5.13. The van der Waals surface area contributed by atoms with E-state index in [4.69, 9.17) is 9.84 Å². The zero-order valence-corrected chi connectivity index (χ0v) is 12.7. The van der Waals surface area contributed by atoms with E-state index in [2.05, 4.69) is 10.6 Å². The van der Waals surface area contributed by atoms with E-state index in [-0.39, 0.29) is 31.1 Å². The minimum atomic E-state index is -2.53. The Morgan fingerprint density at radius 3 is 2.73 bits per heavy atom.